The first kappa shape index (κ1) is 16.2. The highest BCUT2D eigenvalue weighted by Gasteiger charge is 2.21. The van der Waals surface area contributed by atoms with Crippen LogP contribution in [0.5, 0.6) is 0 Å². The Balaban J connectivity index is 0.00000225. The summed E-state index contributed by atoms with van der Waals surface area (Å²) in [5.74, 6) is 0.753. The van der Waals surface area contributed by atoms with Gasteiger partial charge in [0.2, 0.25) is 0 Å². The van der Waals surface area contributed by atoms with Gasteiger partial charge in [-0.3, -0.25) is 0 Å². The third-order valence-electron chi connectivity index (χ3n) is 4.00. The van der Waals surface area contributed by atoms with Crippen LogP contribution in [0.3, 0.4) is 0 Å². The highest BCUT2D eigenvalue weighted by molar-refractivity contribution is 5.85. The van der Waals surface area contributed by atoms with Crippen molar-refractivity contribution in [1.82, 2.24) is 4.90 Å². The van der Waals surface area contributed by atoms with Gasteiger partial charge in [0.15, 0.2) is 0 Å². The Morgan fingerprint density at radius 3 is 2.62 bits per heavy atom. The van der Waals surface area contributed by atoms with Crippen LogP contribution < -0.4 is 5.73 Å². The standard InChI is InChI=1S/C13H28N2.ClH/c1-4-13(2,3)7-9-15-8-5-6-12(10-14)11-15;/h12H,4-11,14H2,1-3H3;1H. The van der Waals surface area contributed by atoms with E-state index in [9.17, 15) is 0 Å². The van der Waals surface area contributed by atoms with Gasteiger partial charge in [0.05, 0.1) is 0 Å². The molecule has 1 fully saturated rings. The van der Waals surface area contributed by atoms with Crippen molar-refractivity contribution in [2.75, 3.05) is 26.2 Å². The third kappa shape index (κ3) is 5.51. The molecule has 1 aliphatic heterocycles. The van der Waals surface area contributed by atoms with Crippen molar-refractivity contribution in [1.29, 1.82) is 0 Å². The minimum atomic E-state index is 0. The lowest BCUT2D eigenvalue weighted by Crippen LogP contribution is -2.39. The molecule has 1 saturated heterocycles. The SMILES string of the molecule is CCC(C)(C)CCN1CCCC(CN)C1.Cl. The number of likely N-dealkylation sites (tertiary alicyclic amines) is 1. The zero-order valence-corrected chi connectivity index (χ0v) is 12.0. The van der Waals surface area contributed by atoms with Crippen molar-refractivity contribution in [3.05, 3.63) is 0 Å². The number of halogens is 1. The molecule has 0 aromatic carbocycles. The monoisotopic (exact) mass is 248 g/mol. The van der Waals surface area contributed by atoms with E-state index in [2.05, 4.69) is 25.7 Å². The van der Waals surface area contributed by atoms with Crippen molar-refractivity contribution in [2.24, 2.45) is 17.1 Å². The number of hydrogen-bond donors (Lipinski definition) is 1. The van der Waals surface area contributed by atoms with Crippen molar-refractivity contribution >= 4 is 12.4 Å². The molecular weight excluding hydrogens is 220 g/mol. The Morgan fingerprint density at radius 1 is 1.38 bits per heavy atom. The second-order valence-electron chi connectivity index (χ2n) is 5.81. The second kappa shape index (κ2) is 7.52. The van der Waals surface area contributed by atoms with Gasteiger partial charge in [-0.15, -0.1) is 12.4 Å². The number of rotatable bonds is 5. The van der Waals surface area contributed by atoms with Crippen molar-refractivity contribution < 1.29 is 0 Å². The first-order valence-corrected chi connectivity index (χ1v) is 6.50. The van der Waals surface area contributed by atoms with E-state index < -0.39 is 0 Å². The minimum absolute atomic E-state index is 0. The fourth-order valence-electron chi connectivity index (χ4n) is 2.18. The van der Waals surface area contributed by atoms with E-state index in [1.165, 1.54) is 45.3 Å². The molecule has 1 aliphatic rings. The lowest BCUT2D eigenvalue weighted by Gasteiger charge is -2.34. The third-order valence-corrected chi connectivity index (χ3v) is 4.00. The van der Waals surface area contributed by atoms with E-state index in [0.717, 1.165) is 12.5 Å². The molecule has 1 rings (SSSR count). The molecule has 1 atom stereocenters. The zero-order chi connectivity index (χ0) is 11.3. The largest absolute Gasteiger partial charge is 0.330 e. The fraction of sp³-hybridized carbons (Fsp3) is 1.00. The van der Waals surface area contributed by atoms with E-state index in [1.807, 2.05) is 0 Å². The number of hydrogen-bond acceptors (Lipinski definition) is 2. The molecule has 16 heavy (non-hydrogen) atoms. The molecule has 0 aromatic rings. The van der Waals surface area contributed by atoms with Crippen LogP contribution in [0.25, 0.3) is 0 Å². The Morgan fingerprint density at radius 2 is 2.06 bits per heavy atom. The Labute approximate surface area is 107 Å². The molecule has 3 heteroatoms. The Kier molecular flexibility index (Phi) is 7.62. The van der Waals surface area contributed by atoms with Crippen LogP contribution in [0.4, 0.5) is 0 Å². The Bertz CT molecular complexity index is 183. The molecular formula is C13H29ClN2. The molecule has 0 aromatic heterocycles. The predicted octanol–water partition coefficient (Wildman–Crippen LogP) is 2.91. The van der Waals surface area contributed by atoms with E-state index in [4.69, 9.17) is 5.73 Å². The van der Waals surface area contributed by atoms with Gasteiger partial charge in [0.25, 0.3) is 0 Å². The summed E-state index contributed by atoms with van der Waals surface area (Å²) in [6.07, 6.45) is 5.28. The summed E-state index contributed by atoms with van der Waals surface area (Å²) < 4.78 is 0. The van der Waals surface area contributed by atoms with Gasteiger partial charge in [-0.2, -0.15) is 0 Å². The molecule has 0 saturated carbocycles. The van der Waals surface area contributed by atoms with Gasteiger partial charge in [-0.25, -0.2) is 0 Å². The molecule has 0 radical (unpaired) electrons. The van der Waals surface area contributed by atoms with Crippen LogP contribution in [-0.4, -0.2) is 31.1 Å². The molecule has 2 N–H and O–H groups in total. The molecule has 1 heterocycles. The maximum Gasteiger partial charge on any atom is 0.00217 e. The molecule has 2 nitrogen and oxygen atoms in total. The molecule has 0 aliphatic carbocycles. The lowest BCUT2D eigenvalue weighted by atomic mass is 9.86. The first-order chi connectivity index (χ1) is 7.07. The Hall–Kier alpha value is 0.210. The topological polar surface area (TPSA) is 29.3 Å². The summed E-state index contributed by atoms with van der Waals surface area (Å²) in [5, 5.41) is 0. The van der Waals surface area contributed by atoms with E-state index in [1.54, 1.807) is 0 Å². The zero-order valence-electron chi connectivity index (χ0n) is 11.2. The van der Waals surface area contributed by atoms with Gasteiger partial charge < -0.3 is 10.6 Å². The number of nitrogens with two attached hydrogens (primary N) is 1. The quantitative estimate of drug-likeness (QED) is 0.811. The smallest absolute Gasteiger partial charge is 0.00217 e. The minimum Gasteiger partial charge on any atom is -0.330 e. The van der Waals surface area contributed by atoms with E-state index in [0.29, 0.717) is 5.41 Å². The molecule has 0 amide bonds. The highest BCUT2D eigenvalue weighted by Crippen LogP contribution is 2.25. The summed E-state index contributed by atoms with van der Waals surface area (Å²) in [7, 11) is 0. The maximum absolute atomic E-state index is 5.75. The van der Waals surface area contributed by atoms with Crippen LogP contribution in [0, 0.1) is 11.3 Å². The van der Waals surface area contributed by atoms with Crippen LogP contribution in [0.2, 0.25) is 0 Å². The van der Waals surface area contributed by atoms with Gasteiger partial charge >= 0.3 is 0 Å². The second-order valence-corrected chi connectivity index (χ2v) is 5.81. The van der Waals surface area contributed by atoms with Gasteiger partial charge in [0, 0.05) is 6.54 Å². The summed E-state index contributed by atoms with van der Waals surface area (Å²) >= 11 is 0. The lowest BCUT2D eigenvalue weighted by molar-refractivity contribution is 0.152. The summed E-state index contributed by atoms with van der Waals surface area (Å²) in [6.45, 7) is 11.7. The summed E-state index contributed by atoms with van der Waals surface area (Å²) in [5.41, 5.74) is 6.26. The highest BCUT2D eigenvalue weighted by atomic mass is 35.5. The molecule has 0 spiro atoms. The predicted molar refractivity (Wildman–Crippen MR) is 74.2 cm³/mol. The molecule has 98 valence electrons. The van der Waals surface area contributed by atoms with Crippen molar-refractivity contribution in [3.8, 4) is 0 Å². The van der Waals surface area contributed by atoms with Crippen LogP contribution in [0.1, 0.15) is 46.5 Å². The maximum atomic E-state index is 5.75. The number of piperidine rings is 1. The molecule has 0 bridgehead atoms. The van der Waals surface area contributed by atoms with Crippen molar-refractivity contribution in [3.63, 3.8) is 0 Å². The van der Waals surface area contributed by atoms with Gasteiger partial charge in [-0.05, 0) is 50.2 Å². The van der Waals surface area contributed by atoms with Gasteiger partial charge in [0.1, 0.15) is 0 Å². The van der Waals surface area contributed by atoms with Crippen LogP contribution in [-0.2, 0) is 0 Å². The molecule has 1 unspecified atom stereocenters. The average Bonchev–Trinajstić information content (AvgIpc) is 2.27. The van der Waals surface area contributed by atoms with Gasteiger partial charge in [-0.1, -0.05) is 27.2 Å². The van der Waals surface area contributed by atoms with Crippen molar-refractivity contribution in [2.45, 2.75) is 46.5 Å². The normalized spacial score (nSPS) is 22.9. The summed E-state index contributed by atoms with van der Waals surface area (Å²) in [4.78, 5) is 2.61. The van der Waals surface area contributed by atoms with Crippen LogP contribution >= 0.6 is 12.4 Å². The number of nitrogens with zero attached hydrogens (tertiary/aromatic N) is 1. The fourth-order valence-corrected chi connectivity index (χ4v) is 2.18. The van der Waals surface area contributed by atoms with Crippen LogP contribution in [0.15, 0.2) is 0 Å². The first-order valence-electron chi connectivity index (χ1n) is 6.50. The van der Waals surface area contributed by atoms with E-state index in [-0.39, 0.29) is 12.4 Å². The van der Waals surface area contributed by atoms with E-state index >= 15 is 0 Å². The summed E-state index contributed by atoms with van der Waals surface area (Å²) in [6, 6.07) is 0. The average molecular weight is 249 g/mol.